The first-order valence-electron chi connectivity index (χ1n) is 10.3. The molecular formula is C24H34O6. The third-order valence-corrected chi connectivity index (χ3v) is 5.94. The van der Waals surface area contributed by atoms with Crippen molar-refractivity contribution in [2.45, 2.75) is 77.6 Å². The fraction of sp³-hybridized carbons (Fsp3) is 0.542. The number of aromatic hydroxyl groups is 1. The number of carboxylic acid groups (broad SMARTS) is 1. The molecule has 2 rings (SSSR count). The summed E-state index contributed by atoms with van der Waals surface area (Å²) in [5.74, 6) is -1.03. The van der Waals surface area contributed by atoms with Gasteiger partial charge in [0.25, 0.3) is 0 Å². The van der Waals surface area contributed by atoms with Crippen LogP contribution < -0.4 is 4.74 Å². The molecule has 3 atom stereocenters. The number of ether oxygens (including phenoxy) is 2. The van der Waals surface area contributed by atoms with Gasteiger partial charge < -0.3 is 24.8 Å². The van der Waals surface area contributed by atoms with Crippen molar-refractivity contribution >= 4 is 12.0 Å². The standard InChI is InChI=1S/C24H34O6/c1-15(2)8-7-11-24(5,29-6)19(25)10-13-23(4)12-9-17-18(30-23)14-16(3)20(21(17)26)22(27)28/h8-9,12,14,19,25-26H,7,10-11,13H2,1-6H3,(H,27,28)/t19-,23+,24-/m1/s1. The zero-order valence-electron chi connectivity index (χ0n) is 18.8. The number of carbonyl (C=O) groups is 1. The van der Waals surface area contributed by atoms with Gasteiger partial charge in [0, 0.05) is 7.11 Å². The maximum atomic E-state index is 11.4. The van der Waals surface area contributed by atoms with E-state index in [1.54, 1.807) is 32.3 Å². The van der Waals surface area contributed by atoms with Gasteiger partial charge in [0.2, 0.25) is 0 Å². The van der Waals surface area contributed by atoms with E-state index in [1.807, 2.05) is 27.7 Å². The fourth-order valence-electron chi connectivity index (χ4n) is 3.76. The Balaban J connectivity index is 2.13. The maximum absolute atomic E-state index is 11.4. The molecule has 1 aromatic carbocycles. The largest absolute Gasteiger partial charge is 0.506 e. The Morgan fingerprint density at radius 3 is 2.63 bits per heavy atom. The summed E-state index contributed by atoms with van der Waals surface area (Å²) in [6.45, 7) is 9.54. The van der Waals surface area contributed by atoms with Gasteiger partial charge in [-0.3, -0.25) is 0 Å². The van der Waals surface area contributed by atoms with E-state index < -0.39 is 23.3 Å². The van der Waals surface area contributed by atoms with Gasteiger partial charge in [-0.15, -0.1) is 0 Å². The molecule has 166 valence electrons. The van der Waals surface area contributed by atoms with E-state index in [0.29, 0.717) is 36.1 Å². The number of fused-ring (bicyclic) bond motifs is 1. The average Bonchev–Trinajstić information content (AvgIpc) is 2.65. The van der Waals surface area contributed by atoms with Crippen LogP contribution in [0.2, 0.25) is 0 Å². The highest BCUT2D eigenvalue weighted by atomic mass is 16.5. The summed E-state index contributed by atoms with van der Waals surface area (Å²) < 4.78 is 11.8. The molecule has 30 heavy (non-hydrogen) atoms. The molecule has 0 saturated carbocycles. The average molecular weight is 419 g/mol. The minimum Gasteiger partial charge on any atom is -0.506 e. The third-order valence-electron chi connectivity index (χ3n) is 5.94. The molecule has 0 unspecified atom stereocenters. The molecule has 1 aliphatic heterocycles. The summed E-state index contributed by atoms with van der Waals surface area (Å²) in [5, 5.41) is 30.5. The Hall–Kier alpha value is -2.31. The summed E-state index contributed by atoms with van der Waals surface area (Å²) in [4.78, 5) is 11.4. The Bertz CT molecular complexity index is 852. The van der Waals surface area contributed by atoms with Gasteiger partial charge in [-0.1, -0.05) is 11.6 Å². The summed E-state index contributed by atoms with van der Waals surface area (Å²) in [6, 6.07) is 1.63. The van der Waals surface area contributed by atoms with E-state index in [9.17, 15) is 20.1 Å². The summed E-state index contributed by atoms with van der Waals surface area (Å²) in [5.41, 5.74) is 0.561. The number of hydrogen-bond donors (Lipinski definition) is 3. The second kappa shape index (κ2) is 9.23. The van der Waals surface area contributed by atoms with Crippen LogP contribution in [0.1, 0.15) is 74.9 Å². The van der Waals surface area contributed by atoms with Crippen molar-refractivity contribution in [3.63, 3.8) is 0 Å². The van der Waals surface area contributed by atoms with Crippen LogP contribution in [0, 0.1) is 6.92 Å². The second-order valence-corrected chi connectivity index (χ2v) is 8.77. The number of rotatable bonds is 9. The normalized spacial score (nSPS) is 20.6. The smallest absolute Gasteiger partial charge is 0.339 e. The number of methoxy groups -OCH3 is 1. The van der Waals surface area contributed by atoms with Crippen molar-refractivity contribution in [3.8, 4) is 11.5 Å². The number of allylic oxidation sites excluding steroid dienone is 2. The molecule has 0 aliphatic carbocycles. The molecule has 3 N–H and O–H groups in total. The first kappa shape index (κ1) is 24.0. The van der Waals surface area contributed by atoms with Gasteiger partial charge in [-0.25, -0.2) is 4.79 Å². The van der Waals surface area contributed by atoms with Crippen molar-refractivity contribution in [3.05, 3.63) is 40.5 Å². The Morgan fingerprint density at radius 1 is 1.40 bits per heavy atom. The van der Waals surface area contributed by atoms with E-state index >= 15 is 0 Å². The molecular weight excluding hydrogens is 384 g/mol. The van der Waals surface area contributed by atoms with Crippen molar-refractivity contribution < 1.29 is 29.6 Å². The number of aryl methyl sites for hydroxylation is 1. The number of aliphatic hydroxyl groups excluding tert-OH is 1. The summed E-state index contributed by atoms with van der Waals surface area (Å²) in [7, 11) is 1.62. The van der Waals surface area contributed by atoms with Crippen molar-refractivity contribution in [1.82, 2.24) is 0 Å². The van der Waals surface area contributed by atoms with E-state index in [0.717, 1.165) is 6.42 Å². The molecule has 0 fully saturated rings. The van der Waals surface area contributed by atoms with E-state index in [2.05, 4.69) is 6.08 Å². The predicted octanol–water partition coefficient (Wildman–Crippen LogP) is 4.86. The maximum Gasteiger partial charge on any atom is 0.339 e. The van der Waals surface area contributed by atoms with Crippen LogP contribution in [-0.4, -0.2) is 45.7 Å². The number of phenols is 1. The molecule has 1 aromatic rings. The van der Waals surface area contributed by atoms with Crippen molar-refractivity contribution in [1.29, 1.82) is 0 Å². The summed E-state index contributed by atoms with van der Waals surface area (Å²) >= 11 is 0. The number of hydrogen-bond acceptors (Lipinski definition) is 5. The van der Waals surface area contributed by atoms with Gasteiger partial charge in [-0.2, -0.15) is 0 Å². The van der Waals surface area contributed by atoms with Crippen LogP contribution in [0.5, 0.6) is 11.5 Å². The molecule has 6 nitrogen and oxygen atoms in total. The van der Waals surface area contributed by atoms with Gasteiger partial charge in [0.15, 0.2) is 0 Å². The number of carboxylic acids is 1. The molecule has 0 amide bonds. The molecule has 0 bridgehead atoms. The quantitative estimate of drug-likeness (QED) is 0.496. The second-order valence-electron chi connectivity index (χ2n) is 8.77. The highest BCUT2D eigenvalue weighted by Crippen LogP contribution is 2.41. The van der Waals surface area contributed by atoms with Crippen LogP contribution in [0.15, 0.2) is 23.8 Å². The van der Waals surface area contributed by atoms with E-state index in [-0.39, 0.29) is 11.3 Å². The Kier molecular flexibility index (Phi) is 7.37. The number of aliphatic hydroxyl groups is 1. The molecule has 1 heterocycles. The monoisotopic (exact) mass is 418 g/mol. The lowest BCUT2D eigenvalue weighted by atomic mass is 9.85. The lowest BCUT2D eigenvalue weighted by Crippen LogP contribution is -2.43. The first-order chi connectivity index (χ1) is 13.9. The zero-order valence-corrected chi connectivity index (χ0v) is 18.8. The highest BCUT2D eigenvalue weighted by molar-refractivity contribution is 5.95. The number of benzene rings is 1. The van der Waals surface area contributed by atoms with Gasteiger partial charge >= 0.3 is 5.97 Å². The first-order valence-corrected chi connectivity index (χ1v) is 10.3. The van der Waals surface area contributed by atoms with Crippen LogP contribution in [0.3, 0.4) is 0 Å². The van der Waals surface area contributed by atoms with E-state index in [4.69, 9.17) is 9.47 Å². The lowest BCUT2D eigenvalue weighted by Gasteiger charge is -2.37. The van der Waals surface area contributed by atoms with Crippen LogP contribution >= 0.6 is 0 Å². The minimum atomic E-state index is -1.18. The SMILES string of the molecule is CO[C@](C)(CCC=C(C)C)[C@H](O)CC[C@]1(C)C=Cc2c(cc(C)c(C(=O)O)c2O)O1. The fourth-order valence-corrected chi connectivity index (χ4v) is 3.76. The van der Waals surface area contributed by atoms with Gasteiger partial charge in [0.1, 0.15) is 22.7 Å². The zero-order chi connectivity index (χ0) is 22.7. The van der Waals surface area contributed by atoms with Crippen LogP contribution in [0.25, 0.3) is 6.08 Å². The molecule has 6 heteroatoms. The lowest BCUT2D eigenvalue weighted by molar-refractivity contribution is -0.101. The van der Waals surface area contributed by atoms with Gasteiger partial charge in [-0.05, 0) is 84.1 Å². The van der Waals surface area contributed by atoms with Gasteiger partial charge in [0.05, 0.1) is 17.3 Å². The number of aromatic carboxylic acids is 1. The third kappa shape index (κ3) is 5.24. The van der Waals surface area contributed by atoms with Crippen molar-refractivity contribution in [2.24, 2.45) is 0 Å². The van der Waals surface area contributed by atoms with Crippen LogP contribution in [0.4, 0.5) is 0 Å². The molecule has 0 radical (unpaired) electrons. The van der Waals surface area contributed by atoms with Crippen LogP contribution in [-0.2, 0) is 4.74 Å². The summed E-state index contributed by atoms with van der Waals surface area (Å²) in [6.07, 6.45) is 7.49. The molecule has 1 aliphatic rings. The Labute approximate surface area is 178 Å². The molecule has 0 saturated heterocycles. The molecule has 0 aromatic heterocycles. The minimum absolute atomic E-state index is 0.117. The highest BCUT2D eigenvalue weighted by Gasteiger charge is 2.36. The predicted molar refractivity (Wildman–Crippen MR) is 117 cm³/mol. The van der Waals surface area contributed by atoms with Crippen molar-refractivity contribution in [2.75, 3.05) is 7.11 Å². The van der Waals surface area contributed by atoms with E-state index in [1.165, 1.54) is 5.57 Å². The molecule has 0 spiro atoms. The topological polar surface area (TPSA) is 96.2 Å². The Morgan fingerprint density at radius 2 is 2.07 bits per heavy atom.